The standard InChI is InChI=1S/C27H32N2O3S/c1-18-9-10-20-16-24(18)25(28-27(20,2)3)15-19-17-29(26-8-6-5-7-23(19)26)33(30,31)22-13-11-21(32-4)12-14-22/h5-9,11-14,17,20,24-25,28H,10,15-16H2,1-4H3/t20-,24-,25+/m0/s1. The summed E-state index contributed by atoms with van der Waals surface area (Å²) < 4.78 is 33.8. The molecule has 1 saturated heterocycles. The Morgan fingerprint density at radius 3 is 2.58 bits per heavy atom. The molecule has 6 heteroatoms. The van der Waals surface area contributed by atoms with Crippen LogP contribution in [0.25, 0.3) is 10.9 Å². The van der Waals surface area contributed by atoms with Crippen LogP contribution >= 0.6 is 0 Å². The molecule has 2 aliphatic rings. The van der Waals surface area contributed by atoms with E-state index in [2.05, 4.69) is 32.2 Å². The molecule has 33 heavy (non-hydrogen) atoms. The van der Waals surface area contributed by atoms with E-state index in [0.29, 0.717) is 23.1 Å². The molecule has 1 aliphatic carbocycles. The lowest BCUT2D eigenvalue weighted by molar-refractivity contribution is 0.109. The van der Waals surface area contributed by atoms with Crippen molar-refractivity contribution in [3.05, 3.63) is 71.9 Å². The Hall–Kier alpha value is -2.57. The number of para-hydroxylation sites is 1. The lowest BCUT2D eigenvalue weighted by Crippen LogP contribution is -2.60. The molecular formula is C27H32N2O3S. The molecule has 1 fully saturated rings. The Labute approximate surface area is 196 Å². The molecule has 0 spiro atoms. The van der Waals surface area contributed by atoms with Gasteiger partial charge in [0.15, 0.2) is 0 Å². The molecule has 2 bridgehead atoms. The molecule has 0 amide bonds. The number of nitrogens with zero attached hydrogens (tertiary/aromatic N) is 1. The third kappa shape index (κ3) is 3.79. The summed E-state index contributed by atoms with van der Waals surface area (Å²) in [6, 6.07) is 14.6. The molecule has 5 nitrogen and oxygen atoms in total. The van der Waals surface area contributed by atoms with Gasteiger partial charge in [-0.05, 0) is 87.8 Å². The first-order valence-corrected chi connectivity index (χ1v) is 13.1. The molecule has 0 unspecified atom stereocenters. The summed E-state index contributed by atoms with van der Waals surface area (Å²) in [5.41, 5.74) is 3.29. The number of benzene rings is 2. The maximum Gasteiger partial charge on any atom is 0.268 e. The number of methoxy groups -OCH3 is 1. The van der Waals surface area contributed by atoms with E-state index in [1.54, 1.807) is 31.4 Å². The monoisotopic (exact) mass is 464 g/mol. The Bertz CT molecular complexity index is 1320. The third-order valence-electron chi connectivity index (χ3n) is 7.73. The van der Waals surface area contributed by atoms with Gasteiger partial charge in [-0.2, -0.15) is 0 Å². The van der Waals surface area contributed by atoms with Crippen LogP contribution in [-0.2, 0) is 16.4 Å². The fourth-order valence-corrected chi connectivity index (χ4v) is 7.10. The van der Waals surface area contributed by atoms with Crippen LogP contribution in [0.2, 0.25) is 0 Å². The zero-order valence-electron chi connectivity index (χ0n) is 19.7. The highest BCUT2D eigenvalue weighted by molar-refractivity contribution is 7.90. The van der Waals surface area contributed by atoms with Crippen molar-refractivity contribution in [1.82, 2.24) is 9.29 Å². The van der Waals surface area contributed by atoms with Gasteiger partial charge < -0.3 is 10.1 Å². The summed E-state index contributed by atoms with van der Waals surface area (Å²) in [6.07, 6.45) is 7.35. The van der Waals surface area contributed by atoms with Crippen molar-refractivity contribution >= 4 is 20.9 Å². The van der Waals surface area contributed by atoms with E-state index in [4.69, 9.17) is 4.74 Å². The van der Waals surface area contributed by atoms with E-state index in [0.717, 1.165) is 23.8 Å². The highest BCUT2D eigenvalue weighted by atomic mass is 32.2. The molecule has 5 rings (SSSR count). The molecule has 1 N–H and O–H groups in total. The Morgan fingerprint density at radius 2 is 1.85 bits per heavy atom. The fourth-order valence-electron chi connectivity index (χ4n) is 5.71. The molecule has 2 heterocycles. The van der Waals surface area contributed by atoms with Crippen molar-refractivity contribution in [3.8, 4) is 5.75 Å². The molecule has 1 aliphatic heterocycles. The maximum atomic E-state index is 13.6. The molecular weight excluding hydrogens is 432 g/mol. The Morgan fingerprint density at radius 1 is 1.12 bits per heavy atom. The highest BCUT2D eigenvalue weighted by Gasteiger charge is 2.43. The first-order chi connectivity index (χ1) is 15.7. The third-order valence-corrected chi connectivity index (χ3v) is 9.42. The average molecular weight is 465 g/mol. The fraction of sp³-hybridized carbons (Fsp3) is 0.407. The van der Waals surface area contributed by atoms with Crippen LogP contribution < -0.4 is 10.1 Å². The van der Waals surface area contributed by atoms with Gasteiger partial charge in [0.25, 0.3) is 10.0 Å². The van der Waals surface area contributed by atoms with E-state index in [9.17, 15) is 8.42 Å². The SMILES string of the molecule is COc1ccc(S(=O)(=O)n2cc(C[C@H]3NC(C)(C)[C@H]4CC=C(C)[C@@H]3C4)c3ccccc32)cc1. The normalized spacial score (nSPS) is 24.5. The number of piperidine rings is 1. The summed E-state index contributed by atoms with van der Waals surface area (Å²) in [7, 11) is -2.16. The maximum absolute atomic E-state index is 13.6. The summed E-state index contributed by atoms with van der Waals surface area (Å²) in [5, 5.41) is 4.91. The molecule has 3 atom stereocenters. The number of nitrogens with one attached hydrogen (secondary N) is 1. The van der Waals surface area contributed by atoms with Crippen LogP contribution in [0.4, 0.5) is 0 Å². The number of ether oxygens (including phenoxy) is 1. The first kappa shape index (κ1) is 22.2. The first-order valence-electron chi connectivity index (χ1n) is 11.6. The predicted octanol–water partition coefficient (Wildman–Crippen LogP) is 5.15. The predicted molar refractivity (Wildman–Crippen MR) is 132 cm³/mol. The van der Waals surface area contributed by atoms with Gasteiger partial charge in [0.05, 0.1) is 17.5 Å². The molecule has 174 valence electrons. The van der Waals surface area contributed by atoms with Gasteiger partial charge in [0.2, 0.25) is 0 Å². The minimum absolute atomic E-state index is 0.0614. The number of aromatic nitrogens is 1. The van der Waals surface area contributed by atoms with Crippen molar-refractivity contribution in [3.63, 3.8) is 0 Å². The van der Waals surface area contributed by atoms with Gasteiger partial charge in [-0.15, -0.1) is 0 Å². The van der Waals surface area contributed by atoms with Gasteiger partial charge in [-0.25, -0.2) is 12.4 Å². The van der Waals surface area contributed by atoms with Crippen LogP contribution in [-0.4, -0.2) is 31.1 Å². The van der Waals surface area contributed by atoms with Gasteiger partial charge in [0, 0.05) is 23.2 Å². The summed E-state index contributed by atoms with van der Waals surface area (Å²) in [5.74, 6) is 1.75. The Kier molecular flexibility index (Phi) is 5.41. The zero-order valence-corrected chi connectivity index (χ0v) is 20.5. The van der Waals surface area contributed by atoms with Gasteiger partial charge >= 0.3 is 0 Å². The van der Waals surface area contributed by atoms with Gasteiger partial charge in [-0.1, -0.05) is 29.8 Å². The van der Waals surface area contributed by atoms with Gasteiger partial charge in [-0.3, -0.25) is 0 Å². The summed E-state index contributed by atoms with van der Waals surface area (Å²) in [4.78, 5) is 0.251. The van der Waals surface area contributed by atoms with Crippen molar-refractivity contribution in [2.75, 3.05) is 7.11 Å². The van der Waals surface area contributed by atoms with Crippen LogP contribution in [0.15, 0.2) is 71.3 Å². The van der Waals surface area contributed by atoms with Crippen LogP contribution in [0.5, 0.6) is 5.75 Å². The van der Waals surface area contributed by atoms with Gasteiger partial charge in [0.1, 0.15) is 5.75 Å². The minimum atomic E-state index is -3.73. The molecule has 1 aromatic heterocycles. The number of fused-ring (bicyclic) bond motifs is 3. The van der Waals surface area contributed by atoms with Crippen molar-refractivity contribution in [2.45, 2.75) is 56.5 Å². The zero-order chi connectivity index (χ0) is 23.4. The summed E-state index contributed by atoms with van der Waals surface area (Å²) in [6.45, 7) is 6.84. The largest absolute Gasteiger partial charge is 0.497 e. The van der Waals surface area contributed by atoms with Crippen molar-refractivity contribution in [1.29, 1.82) is 0 Å². The quantitative estimate of drug-likeness (QED) is 0.531. The Balaban J connectivity index is 1.55. The van der Waals surface area contributed by atoms with Crippen LogP contribution in [0, 0.1) is 11.8 Å². The number of hydrogen-bond donors (Lipinski definition) is 1. The van der Waals surface area contributed by atoms with Crippen molar-refractivity contribution < 1.29 is 13.2 Å². The topological polar surface area (TPSA) is 60.3 Å². The number of rotatable bonds is 5. The van der Waals surface area contributed by atoms with Crippen molar-refractivity contribution in [2.24, 2.45) is 11.8 Å². The highest BCUT2D eigenvalue weighted by Crippen LogP contribution is 2.43. The second-order valence-corrected chi connectivity index (χ2v) is 11.9. The van der Waals surface area contributed by atoms with Crippen LogP contribution in [0.1, 0.15) is 39.2 Å². The minimum Gasteiger partial charge on any atom is -0.497 e. The van der Waals surface area contributed by atoms with E-state index >= 15 is 0 Å². The second-order valence-electron chi connectivity index (χ2n) is 10.0. The lowest BCUT2D eigenvalue weighted by Gasteiger charge is -2.50. The summed E-state index contributed by atoms with van der Waals surface area (Å²) >= 11 is 0. The van der Waals surface area contributed by atoms with E-state index in [1.165, 1.54) is 16.0 Å². The number of hydrogen-bond acceptors (Lipinski definition) is 4. The molecule has 0 saturated carbocycles. The van der Waals surface area contributed by atoms with E-state index in [-0.39, 0.29) is 16.5 Å². The lowest BCUT2D eigenvalue weighted by atomic mass is 9.66. The smallest absolute Gasteiger partial charge is 0.268 e. The molecule has 3 aromatic rings. The molecule has 2 aromatic carbocycles. The second kappa shape index (κ2) is 8.03. The van der Waals surface area contributed by atoms with E-state index < -0.39 is 10.0 Å². The van der Waals surface area contributed by atoms with E-state index in [1.807, 2.05) is 30.5 Å². The van der Waals surface area contributed by atoms with Crippen LogP contribution in [0.3, 0.4) is 0 Å². The molecule has 0 radical (unpaired) electrons. The number of allylic oxidation sites excluding steroid dienone is 1. The average Bonchev–Trinajstić information content (AvgIpc) is 3.17.